The maximum absolute atomic E-state index is 5.84. The van der Waals surface area contributed by atoms with Crippen LogP contribution in [0.3, 0.4) is 0 Å². The number of rotatable bonds is 7. The predicted octanol–water partition coefficient (Wildman–Crippen LogP) is 3.71. The van der Waals surface area contributed by atoms with Crippen molar-refractivity contribution in [2.45, 2.75) is 6.54 Å². The van der Waals surface area contributed by atoms with Crippen molar-refractivity contribution in [2.24, 2.45) is 4.99 Å². The van der Waals surface area contributed by atoms with Crippen LogP contribution in [0.5, 0.6) is 11.5 Å². The maximum atomic E-state index is 5.84. The molecule has 5 nitrogen and oxygen atoms in total. The Balaban J connectivity index is 0.00000312. The normalized spacial score (nSPS) is 10.6. The second-order valence-corrected chi connectivity index (χ2v) is 5.44. The smallest absolute Gasteiger partial charge is 0.191 e. The molecule has 2 aromatic rings. The number of nitrogens with zero attached hydrogens (tertiary/aromatic N) is 1. The summed E-state index contributed by atoms with van der Waals surface area (Å²) in [5.41, 5.74) is 1.15. The summed E-state index contributed by atoms with van der Waals surface area (Å²) in [6.07, 6.45) is 0. The molecule has 0 saturated carbocycles. The summed E-state index contributed by atoms with van der Waals surface area (Å²) in [6.45, 7) is 1.86. The van der Waals surface area contributed by atoms with Crippen molar-refractivity contribution < 1.29 is 9.47 Å². The molecule has 2 aromatic carbocycles. The van der Waals surface area contributed by atoms with Crippen LogP contribution in [0, 0.1) is 0 Å². The van der Waals surface area contributed by atoms with Crippen LogP contribution < -0.4 is 20.1 Å². The van der Waals surface area contributed by atoms with E-state index in [4.69, 9.17) is 21.1 Å². The first-order valence-corrected chi connectivity index (χ1v) is 8.05. The van der Waals surface area contributed by atoms with Gasteiger partial charge in [0.2, 0.25) is 0 Å². The van der Waals surface area contributed by atoms with Crippen LogP contribution >= 0.6 is 35.6 Å². The van der Waals surface area contributed by atoms with Gasteiger partial charge in [0.1, 0.15) is 18.1 Å². The number of nitrogens with one attached hydrogen (secondary N) is 2. The zero-order valence-corrected chi connectivity index (χ0v) is 17.4. The monoisotopic (exact) mass is 475 g/mol. The van der Waals surface area contributed by atoms with Gasteiger partial charge in [0.25, 0.3) is 0 Å². The van der Waals surface area contributed by atoms with Crippen molar-refractivity contribution in [3.05, 3.63) is 59.1 Å². The predicted molar refractivity (Wildman–Crippen MR) is 114 cm³/mol. The minimum atomic E-state index is 0. The van der Waals surface area contributed by atoms with Crippen LogP contribution in [-0.4, -0.2) is 33.3 Å². The lowest BCUT2D eigenvalue weighted by Crippen LogP contribution is -2.38. The summed E-state index contributed by atoms with van der Waals surface area (Å²) in [7, 11) is 3.40. The van der Waals surface area contributed by atoms with Crippen LogP contribution in [0.4, 0.5) is 0 Å². The molecule has 7 heteroatoms. The van der Waals surface area contributed by atoms with Gasteiger partial charge >= 0.3 is 0 Å². The molecule has 0 aliphatic heterocycles. The van der Waals surface area contributed by atoms with Crippen LogP contribution in [0.1, 0.15) is 5.56 Å². The first-order valence-electron chi connectivity index (χ1n) is 7.67. The van der Waals surface area contributed by atoms with Crippen LogP contribution in [-0.2, 0) is 6.54 Å². The second-order valence-electron chi connectivity index (χ2n) is 5.00. The highest BCUT2D eigenvalue weighted by Gasteiger charge is 1.99. The fourth-order valence-corrected chi connectivity index (χ4v) is 2.14. The molecule has 2 rings (SSSR count). The number of hydrogen-bond acceptors (Lipinski definition) is 3. The highest BCUT2D eigenvalue weighted by molar-refractivity contribution is 14.0. The first-order chi connectivity index (χ1) is 11.7. The van der Waals surface area contributed by atoms with E-state index in [9.17, 15) is 0 Å². The van der Waals surface area contributed by atoms with E-state index in [0.29, 0.717) is 24.7 Å². The van der Waals surface area contributed by atoms with Gasteiger partial charge in [-0.2, -0.15) is 0 Å². The van der Waals surface area contributed by atoms with Gasteiger partial charge in [-0.3, -0.25) is 4.99 Å². The molecule has 0 spiro atoms. The van der Waals surface area contributed by atoms with Gasteiger partial charge in [0, 0.05) is 18.6 Å². The number of ether oxygens (including phenoxy) is 2. The van der Waals surface area contributed by atoms with Crippen molar-refractivity contribution in [1.29, 1.82) is 0 Å². The molecule has 0 heterocycles. The molecule has 0 aromatic heterocycles. The Hall–Kier alpha value is -1.67. The highest BCUT2D eigenvalue weighted by Crippen LogP contribution is 2.15. The van der Waals surface area contributed by atoms with Crippen LogP contribution in [0.2, 0.25) is 5.02 Å². The number of guanidine groups is 1. The number of methoxy groups -OCH3 is 1. The third-order valence-electron chi connectivity index (χ3n) is 3.32. The molecule has 0 aliphatic carbocycles. The fourth-order valence-electron chi connectivity index (χ4n) is 2.02. The molecular formula is C18H23ClIN3O2. The molecule has 0 atom stereocenters. The molecule has 0 radical (unpaired) electrons. The van der Waals surface area contributed by atoms with Crippen molar-refractivity contribution >= 4 is 41.5 Å². The minimum absolute atomic E-state index is 0. The summed E-state index contributed by atoms with van der Waals surface area (Å²) in [4.78, 5) is 4.19. The van der Waals surface area contributed by atoms with Gasteiger partial charge in [0.05, 0.1) is 13.7 Å². The van der Waals surface area contributed by atoms with E-state index in [2.05, 4.69) is 15.6 Å². The number of hydrogen-bond donors (Lipinski definition) is 2. The summed E-state index contributed by atoms with van der Waals surface area (Å²) >= 11 is 5.84. The van der Waals surface area contributed by atoms with Gasteiger partial charge in [-0.25, -0.2) is 0 Å². The van der Waals surface area contributed by atoms with Crippen molar-refractivity contribution in [3.63, 3.8) is 0 Å². The van der Waals surface area contributed by atoms with E-state index < -0.39 is 0 Å². The summed E-state index contributed by atoms with van der Waals surface area (Å²) in [5, 5.41) is 7.16. The molecule has 136 valence electrons. The Morgan fingerprint density at radius 2 is 1.64 bits per heavy atom. The lowest BCUT2D eigenvalue weighted by Gasteiger charge is -2.13. The standard InChI is InChI=1S/C18H22ClN3O2.HI/c1-20-18(22-13-14-3-7-16(23-2)8-4-14)21-11-12-24-17-9-5-15(19)6-10-17;/h3-10H,11-13H2,1-2H3,(H2,20,21,22);1H. The Kier molecular flexibility index (Phi) is 10.1. The summed E-state index contributed by atoms with van der Waals surface area (Å²) in [5.74, 6) is 2.37. The second kappa shape index (κ2) is 11.8. The van der Waals surface area contributed by atoms with Crippen molar-refractivity contribution in [3.8, 4) is 11.5 Å². The van der Waals surface area contributed by atoms with Crippen molar-refractivity contribution in [1.82, 2.24) is 10.6 Å². The average Bonchev–Trinajstić information content (AvgIpc) is 2.63. The molecule has 0 bridgehead atoms. The molecule has 0 fully saturated rings. The molecule has 0 amide bonds. The summed E-state index contributed by atoms with van der Waals surface area (Å²) < 4.78 is 10.8. The number of benzene rings is 2. The minimum Gasteiger partial charge on any atom is -0.497 e. The van der Waals surface area contributed by atoms with E-state index in [1.165, 1.54) is 0 Å². The number of aliphatic imine (C=N–C) groups is 1. The van der Waals surface area contributed by atoms with Gasteiger partial charge in [0.15, 0.2) is 5.96 Å². The zero-order valence-electron chi connectivity index (χ0n) is 14.3. The lowest BCUT2D eigenvalue weighted by atomic mass is 10.2. The quantitative estimate of drug-likeness (QED) is 0.277. The van der Waals surface area contributed by atoms with E-state index in [1.54, 1.807) is 26.3 Å². The SMILES string of the molecule is CN=C(NCCOc1ccc(Cl)cc1)NCc1ccc(OC)cc1.I. The third-order valence-corrected chi connectivity index (χ3v) is 3.57. The van der Waals surface area contributed by atoms with Gasteiger partial charge in [-0.05, 0) is 42.0 Å². The van der Waals surface area contributed by atoms with E-state index in [-0.39, 0.29) is 24.0 Å². The lowest BCUT2D eigenvalue weighted by molar-refractivity contribution is 0.322. The first kappa shape index (κ1) is 21.4. The fraction of sp³-hybridized carbons (Fsp3) is 0.278. The molecule has 0 unspecified atom stereocenters. The molecule has 25 heavy (non-hydrogen) atoms. The molecule has 0 saturated heterocycles. The Bertz CT molecular complexity index is 648. The maximum Gasteiger partial charge on any atom is 0.191 e. The molecule has 0 aliphatic rings. The highest BCUT2D eigenvalue weighted by atomic mass is 127. The Labute approximate surface area is 170 Å². The topological polar surface area (TPSA) is 54.9 Å². The van der Waals surface area contributed by atoms with Crippen molar-refractivity contribution in [2.75, 3.05) is 27.3 Å². The number of halogens is 2. The van der Waals surface area contributed by atoms with E-state index in [1.807, 2.05) is 36.4 Å². The molecular weight excluding hydrogens is 453 g/mol. The third kappa shape index (κ3) is 7.83. The Morgan fingerprint density at radius 1 is 1.00 bits per heavy atom. The largest absolute Gasteiger partial charge is 0.497 e. The average molecular weight is 476 g/mol. The molecule has 2 N–H and O–H groups in total. The van der Waals surface area contributed by atoms with E-state index >= 15 is 0 Å². The summed E-state index contributed by atoms with van der Waals surface area (Å²) in [6, 6.07) is 15.2. The zero-order chi connectivity index (χ0) is 17.2. The van der Waals surface area contributed by atoms with Crippen LogP contribution in [0.15, 0.2) is 53.5 Å². The van der Waals surface area contributed by atoms with Gasteiger partial charge in [-0.15, -0.1) is 24.0 Å². The Morgan fingerprint density at radius 3 is 2.24 bits per heavy atom. The van der Waals surface area contributed by atoms with Gasteiger partial charge in [-0.1, -0.05) is 23.7 Å². The van der Waals surface area contributed by atoms with E-state index in [0.717, 1.165) is 23.0 Å². The van der Waals surface area contributed by atoms with Gasteiger partial charge < -0.3 is 20.1 Å². The van der Waals surface area contributed by atoms with Crippen LogP contribution in [0.25, 0.3) is 0 Å².